The third kappa shape index (κ3) is 6.09. The maximum Gasteiger partial charge on any atom is 0.261 e. The van der Waals surface area contributed by atoms with E-state index in [2.05, 4.69) is 25.1 Å². The summed E-state index contributed by atoms with van der Waals surface area (Å²) in [5.41, 5.74) is 8.15. The Labute approximate surface area is 206 Å². The lowest BCUT2D eigenvalue weighted by Crippen LogP contribution is -2.47. The summed E-state index contributed by atoms with van der Waals surface area (Å²) in [5.74, 6) is 0.804. The van der Waals surface area contributed by atoms with Gasteiger partial charge in [0.15, 0.2) is 5.82 Å². The van der Waals surface area contributed by atoms with Gasteiger partial charge < -0.3 is 20.7 Å². The predicted octanol–water partition coefficient (Wildman–Crippen LogP) is 1.30. The normalized spacial score (nSPS) is 18.1. The molecule has 1 saturated heterocycles. The van der Waals surface area contributed by atoms with Crippen molar-refractivity contribution in [2.45, 2.75) is 25.9 Å². The summed E-state index contributed by atoms with van der Waals surface area (Å²) in [7, 11) is -3.01. The van der Waals surface area contributed by atoms with E-state index in [1.807, 2.05) is 26.0 Å². The monoisotopic (exact) mass is 500 g/mol. The Morgan fingerprint density at radius 1 is 1.20 bits per heavy atom. The number of ether oxygens (including phenoxy) is 1. The van der Waals surface area contributed by atoms with Crippen molar-refractivity contribution in [3.05, 3.63) is 48.2 Å². The van der Waals surface area contributed by atoms with Crippen molar-refractivity contribution in [3.63, 3.8) is 0 Å². The summed E-state index contributed by atoms with van der Waals surface area (Å²) in [6.45, 7) is 7.41. The number of carbonyl (C=O) groups excluding carboxylic acids is 1. The number of anilines is 2. The second kappa shape index (κ2) is 9.82. The number of hydrogen-bond donors (Lipinski definition) is 2. The van der Waals surface area contributed by atoms with Crippen LogP contribution in [0.25, 0.3) is 5.57 Å². The predicted molar refractivity (Wildman–Crippen MR) is 136 cm³/mol. The number of hydrogen-bond acceptors (Lipinski definition) is 9. The molecule has 0 bridgehead atoms. The Morgan fingerprint density at radius 2 is 1.89 bits per heavy atom. The summed E-state index contributed by atoms with van der Waals surface area (Å²) in [4.78, 5) is 25.8. The van der Waals surface area contributed by atoms with Crippen LogP contribution in [0.1, 0.15) is 25.2 Å². The lowest BCUT2D eigenvalue weighted by atomic mass is 10.0. The quantitative estimate of drug-likeness (QED) is 0.540. The third-order valence-corrected chi connectivity index (χ3v) is 7.06. The van der Waals surface area contributed by atoms with Crippen LogP contribution in [0.3, 0.4) is 0 Å². The van der Waals surface area contributed by atoms with E-state index in [0.717, 1.165) is 36.5 Å². The van der Waals surface area contributed by atoms with Crippen LogP contribution in [0.4, 0.5) is 11.4 Å². The molecule has 3 heterocycles. The largest absolute Gasteiger partial charge is 0.487 e. The van der Waals surface area contributed by atoms with E-state index < -0.39 is 15.7 Å². The number of aromatic nitrogens is 2. The number of fused-ring (bicyclic) bond motifs is 1. The highest BCUT2D eigenvalue weighted by Gasteiger charge is 2.32. The van der Waals surface area contributed by atoms with E-state index in [1.165, 1.54) is 12.5 Å². The SMILES string of the molecule is CC1(C)Cc2cc(NC(=O)C(=CN)c3ncccn3)c(N3CCN(CCS(C)(=O)=O)CC3)cc2O1. The maximum absolute atomic E-state index is 13.2. The van der Waals surface area contributed by atoms with Gasteiger partial charge in [0.2, 0.25) is 0 Å². The van der Waals surface area contributed by atoms with Crippen molar-refractivity contribution in [3.8, 4) is 5.75 Å². The summed E-state index contributed by atoms with van der Waals surface area (Å²) in [5, 5.41) is 3.01. The maximum atomic E-state index is 13.2. The van der Waals surface area contributed by atoms with E-state index >= 15 is 0 Å². The number of piperazine rings is 1. The van der Waals surface area contributed by atoms with Gasteiger partial charge in [0.05, 0.1) is 22.7 Å². The molecular weight excluding hydrogens is 468 g/mol. The van der Waals surface area contributed by atoms with Crippen molar-refractivity contribution in [1.82, 2.24) is 14.9 Å². The molecule has 1 aromatic carbocycles. The highest BCUT2D eigenvalue weighted by Crippen LogP contribution is 2.42. The molecule has 10 nitrogen and oxygen atoms in total. The molecule has 188 valence electrons. The van der Waals surface area contributed by atoms with Gasteiger partial charge in [-0.25, -0.2) is 18.4 Å². The first-order valence-electron chi connectivity index (χ1n) is 11.6. The average molecular weight is 501 g/mol. The molecule has 0 radical (unpaired) electrons. The lowest BCUT2D eigenvalue weighted by Gasteiger charge is -2.37. The van der Waals surface area contributed by atoms with E-state index in [1.54, 1.807) is 18.5 Å². The molecule has 4 rings (SSSR count). The van der Waals surface area contributed by atoms with E-state index in [9.17, 15) is 13.2 Å². The number of nitrogens with two attached hydrogens (primary N) is 1. The molecule has 2 aliphatic rings. The molecule has 0 aliphatic carbocycles. The summed E-state index contributed by atoms with van der Waals surface area (Å²) < 4.78 is 29.2. The zero-order valence-electron chi connectivity index (χ0n) is 20.3. The Balaban J connectivity index is 1.57. The lowest BCUT2D eigenvalue weighted by molar-refractivity contribution is -0.111. The fraction of sp³-hybridized carbons (Fsp3) is 0.458. The summed E-state index contributed by atoms with van der Waals surface area (Å²) >= 11 is 0. The molecule has 1 aromatic heterocycles. The number of carbonyl (C=O) groups is 1. The molecule has 2 aliphatic heterocycles. The van der Waals surface area contributed by atoms with Crippen molar-refractivity contribution in [1.29, 1.82) is 0 Å². The van der Waals surface area contributed by atoms with Crippen LogP contribution in [0, 0.1) is 0 Å². The summed E-state index contributed by atoms with van der Waals surface area (Å²) in [6.07, 6.45) is 6.32. The zero-order valence-corrected chi connectivity index (χ0v) is 21.1. The molecule has 2 aromatic rings. The standard InChI is InChI=1S/C24H32N6O4S/c1-24(2)15-17-13-19(28-23(31)18(16-25)22-26-5-4-6-27-22)20(14-21(17)34-24)30-9-7-29(8-10-30)11-12-35(3,32)33/h4-6,13-14,16H,7-12,15,25H2,1-3H3,(H,28,31). The number of benzene rings is 1. The van der Waals surface area contributed by atoms with E-state index in [-0.39, 0.29) is 22.8 Å². The number of rotatable bonds is 7. The van der Waals surface area contributed by atoms with Gasteiger partial charge in [-0.15, -0.1) is 0 Å². The van der Waals surface area contributed by atoms with Crippen LogP contribution >= 0.6 is 0 Å². The van der Waals surface area contributed by atoms with Gasteiger partial charge in [0.25, 0.3) is 5.91 Å². The van der Waals surface area contributed by atoms with Crippen LogP contribution < -0.4 is 20.7 Å². The van der Waals surface area contributed by atoms with E-state index in [0.29, 0.717) is 25.3 Å². The molecule has 11 heteroatoms. The van der Waals surface area contributed by atoms with Crippen LogP contribution in [-0.4, -0.2) is 79.5 Å². The molecule has 35 heavy (non-hydrogen) atoms. The van der Waals surface area contributed by atoms with Gasteiger partial charge in [-0.2, -0.15) is 0 Å². The molecule has 0 spiro atoms. The van der Waals surface area contributed by atoms with Crippen LogP contribution in [0.2, 0.25) is 0 Å². The zero-order chi connectivity index (χ0) is 25.2. The van der Waals surface area contributed by atoms with Gasteiger partial charge in [-0.3, -0.25) is 9.69 Å². The van der Waals surface area contributed by atoms with E-state index in [4.69, 9.17) is 10.5 Å². The third-order valence-electron chi connectivity index (χ3n) is 6.14. The van der Waals surface area contributed by atoms with Gasteiger partial charge in [0.1, 0.15) is 21.2 Å². The van der Waals surface area contributed by atoms with Gasteiger partial charge in [-0.05, 0) is 26.0 Å². The van der Waals surface area contributed by atoms with Gasteiger partial charge in [-0.1, -0.05) is 0 Å². The van der Waals surface area contributed by atoms with Crippen molar-refractivity contribution in [2.75, 3.05) is 54.9 Å². The molecule has 0 saturated carbocycles. The molecule has 3 N–H and O–H groups in total. The van der Waals surface area contributed by atoms with Gasteiger partial charge in [0, 0.05) is 75.6 Å². The van der Waals surface area contributed by atoms with Crippen LogP contribution in [0.15, 0.2) is 36.8 Å². The second-order valence-electron chi connectivity index (χ2n) is 9.58. The molecular formula is C24H32N6O4S. The first kappa shape index (κ1) is 24.9. The first-order valence-corrected chi connectivity index (χ1v) is 13.6. The Kier molecular flexibility index (Phi) is 7.00. The van der Waals surface area contributed by atoms with Crippen molar-refractivity contribution < 1.29 is 17.9 Å². The molecule has 1 amide bonds. The number of nitrogens with zero attached hydrogens (tertiary/aromatic N) is 4. The van der Waals surface area contributed by atoms with Crippen LogP contribution in [0.5, 0.6) is 5.75 Å². The fourth-order valence-electron chi connectivity index (χ4n) is 4.39. The minimum absolute atomic E-state index is 0.145. The second-order valence-corrected chi connectivity index (χ2v) is 11.8. The molecule has 1 fully saturated rings. The highest BCUT2D eigenvalue weighted by atomic mass is 32.2. The molecule has 0 unspecified atom stereocenters. The Bertz CT molecular complexity index is 1220. The van der Waals surface area contributed by atoms with Crippen molar-refractivity contribution in [2.24, 2.45) is 5.73 Å². The Hall–Kier alpha value is -3.18. The molecule has 0 atom stereocenters. The minimum Gasteiger partial charge on any atom is -0.487 e. The topological polar surface area (TPSA) is 131 Å². The Morgan fingerprint density at radius 3 is 2.51 bits per heavy atom. The van der Waals surface area contributed by atoms with Crippen molar-refractivity contribution >= 4 is 32.7 Å². The number of nitrogens with one attached hydrogen (secondary N) is 1. The first-order chi connectivity index (χ1) is 16.5. The number of amides is 1. The highest BCUT2D eigenvalue weighted by molar-refractivity contribution is 7.90. The smallest absolute Gasteiger partial charge is 0.261 e. The average Bonchev–Trinajstić information content (AvgIpc) is 3.11. The number of sulfone groups is 1. The van der Waals surface area contributed by atoms with Crippen LogP contribution in [-0.2, 0) is 21.1 Å². The van der Waals surface area contributed by atoms with Gasteiger partial charge >= 0.3 is 0 Å². The summed E-state index contributed by atoms with van der Waals surface area (Å²) in [6, 6.07) is 5.62. The fourth-order valence-corrected chi connectivity index (χ4v) is 4.98. The minimum atomic E-state index is -3.01.